The summed E-state index contributed by atoms with van der Waals surface area (Å²) in [5.41, 5.74) is 2.02. The summed E-state index contributed by atoms with van der Waals surface area (Å²) in [6.45, 7) is 3.74. The molecule has 5 heteroatoms. The zero-order valence-corrected chi connectivity index (χ0v) is 14.5. The molecular weight excluding hydrogens is 322 g/mol. The monoisotopic (exact) mass is 345 g/mol. The number of nitrogens with one attached hydrogen (secondary N) is 1. The van der Waals surface area contributed by atoms with Crippen molar-refractivity contribution in [2.24, 2.45) is 5.92 Å². The Balaban J connectivity index is 1.41. The van der Waals surface area contributed by atoms with Gasteiger partial charge in [0.05, 0.1) is 6.10 Å². The highest BCUT2D eigenvalue weighted by Crippen LogP contribution is 2.21. The molecule has 0 aliphatic carbocycles. The van der Waals surface area contributed by atoms with Crippen LogP contribution in [0.4, 0.5) is 5.69 Å². The van der Waals surface area contributed by atoms with Crippen LogP contribution < -0.4 is 5.32 Å². The van der Waals surface area contributed by atoms with Crippen LogP contribution in [0.15, 0.2) is 48.7 Å². The third-order valence-electron chi connectivity index (χ3n) is 4.64. The van der Waals surface area contributed by atoms with Crippen LogP contribution in [0.1, 0.15) is 24.5 Å². The Labute approximate surface area is 148 Å². The van der Waals surface area contributed by atoms with Gasteiger partial charge in [0.25, 0.3) is 0 Å². The molecule has 0 amide bonds. The van der Waals surface area contributed by atoms with Gasteiger partial charge in [-0.1, -0.05) is 41.9 Å². The van der Waals surface area contributed by atoms with Gasteiger partial charge in [0.1, 0.15) is 5.15 Å². The molecule has 1 aliphatic rings. The minimum Gasteiger partial charge on any atom is -0.387 e. The molecule has 2 heterocycles. The fraction of sp³-hybridized carbons (Fsp3) is 0.421. The molecule has 1 aliphatic heterocycles. The largest absolute Gasteiger partial charge is 0.387 e. The summed E-state index contributed by atoms with van der Waals surface area (Å²) < 4.78 is 0. The molecule has 128 valence electrons. The van der Waals surface area contributed by atoms with Crippen molar-refractivity contribution in [3.8, 4) is 0 Å². The van der Waals surface area contributed by atoms with Gasteiger partial charge >= 0.3 is 0 Å². The Hall–Kier alpha value is -1.62. The lowest BCUT2D eigenvalue weighted by atomic mass is 9.96. The quantitative estimate of drug-likeness (QED) is 0.785. The Morgan fingerprint density at radius 2 is 1.96 bits per heavy atom. The first-order chi connectivity index (χ1) is 11.7. The number of likely N-dealkylation sites (tertiary alicyclic amines) is 1. The van der Waals surface area contributed by atoms with E-state index in [2.05, 4.69) is 15.2 Å². The fourth-order valence-corrected chi connectivity index (χ4v) is 3.35. The van der Waals surface area contributed by atoms with Crippen molar-refractivity contribution in [1.29, 1.82) is 0 Å². The van der Waals surface area contributed by atoms with Crippen molar-refractivity contribution in [1.82, 2.24) is 9.88 Å². The van der Waals surface area contributed by atoms with E-state index >= 15 is 0 Å². The number of aliphatic hydroxyl groups excluding tert-OH is 1. The topological polar surface area (TPSA) is 48.4 Å². The van der Waals surface area contributed by atoms with E-state index in [1.807, 2.05) is 42.5 Å². The number of nitrogens with zero attached hydrogens (tertiary/aromatic N) is 2. The van der Waals surface area contributed by atoms with Gasteiger partial charge in [-0.25, -0.2) is 4.98 Å². The van der Waals surface area contributed by atoms with Gasteiger partial charge in [-0.2, -0.15) is 0 Å². The van der Waals surface area contributed by atoms with Gasteiger partial charge in [0, 0.05) is 25.0 Å². The highest BCUT2D eigenvalue weighted by Gasteiger charge is 2.21. The maximum atomic E-state index is 10.3. The number of piperidine rings is 1. The average molecular weight is 346 g/mol. The van der Waals surface area contributed by atoms with E-state index in [1.165, 1.54) is 0 Å². The molecular formula is C19H24ClN3O. The summed E-state index contributed by atoms with van der Waals surface area (Å²) in [6.07, 6.45) is 3.61. The first-order valence-electron chi connectivity index (χ1n) is 8.51. The first-order valence-corrected chi connectivity index (χ1v) is 8.89. The number of pyridine rings is 1. The molecule has 0 bridgehead atoms. The summed E-state index contributed by atoms with van der Waals surface area (Å²) in [6, 6.07) is 13.7. The van der Waals surface area contributed by atoms with Crippen LogP contribution in [0.25, 0.3) is 0 Å². The first kappa shape index (κ1) is 17.2. The van der Waals surface area contributed by atoms with E-state index < -0.39 is 6.10 Å². The molecule has 1 aromatic heterocycles. The smallest absolute Gasteiger partial charge is 0.131 e. The van der Waals surface area contributed by atoms with E-state index in [1.54, 1.807) is 6.20 Å². The molecule has 1 atom stereocenters. The summed E-state index contributed by atoms with van der Waals surface area (Å²) in [4.78, 5) is 6.35. The Morgan fingerprint density at radius 3 is 2.67 bits per heavy atom. The molecule has 0 spiro atoms. The summed E-state index contributed by atoms with van der Waals surface area (Å²) in [5.74, 6) is 0.655. The number of β-amino-alcohol motifs (C(OH)–C–C–N with tert-alkyl or cyclic N) is 1. The molecule has 4 nitrogen and oxygen atoms in total. The second-order valence-corrected chi connectivity index (χ2v) is 6.81. The lowest BCUT2D eigenvalue weighted by Gasteiger charge is -2.33. The predicted molar refractivity (Wildman–Crippen MR) is 98.3 cm³/mol. The van der Waals surface area contributed by atoms with Gasteiger partial charge in [0.2, 0.25) is 0 Å². The summed E-state index contributed by atoms with van der Waals surface area (Å²) in [5, 5.41) is 14.3. The van der Waals surface area contributed by atoms with Crippen LogP contribution >= 0.6 is 11.6 Å². The zero-order chi connectivity index (χ0) is 16.8. The normalized spacial score (nSPS) is 17.6. The Morgan fingerprint density at radius 1 is 1.21 bits per heavy atom. The molecule has 1 saturated heterocycles. The maximum Gasteiger partial charge on any atom is 0.131 e. The third-order valence-corrected chi connectivity index (χ3v) is 4.85. The van der Waals surface area contributed by atoms with Gasteiger partial charge in [-0.15, -0.1) is 0 Å². The van der Waals surface area contributed by atoms with Crippen LogP contribution in [-0.4, -0.2) is 41.2 Å². The highest BCUT2D eigenvalue weighted by atomic mass is 35.5. The van der Waals surface area contributed by atoms with Gasteiger partial charge < -0.3 is 15.3 Å². The number of halogens is 1. The second-order valence-electron chi connectivity index (χ2n) is 6.42. The van der Waals surface area contributed by atoms with Gasteiger partial charge in [0.15, 0.2) is 0 Å². The number of hydrogen-bond donors (Lipinski definition) is 2. The number of aromatic nitrogens is 1. The number of aliphatic hydroxyl groups is 1. The van der Waals surface area contributed by atoms with E-state index in [4.69, 9.17) is 11.6 Å². The van der Waals surface area contributed by atoms with Crippen molar-refractivity contribution in [2.75, 3.05) is 31.5 Å². The second kappa shape index (κ2) is 8.47. The van der Waals surface area contributed by atoms with Crippen molar-refractivity contribution in [3.05, 3.63) is 59.4 Å². The fourth-order valence-electron chi connectivity index (χ4n) is 3.17. The standard InChI is InChI=1S/C19H24ClN3O/c20-19-12-17(6-9-21-19)22-13-15-7-10-23(11-8-15)14-18(24)16-4-2-1-3-5-16/h1-6,9,12,15,18,24H,7-8,10-11,13-14H2,(H,21,22). The Kier molecular flexibility index (Phi) is 6.07. The van der Waals surface area contributed by atoms with Crippen molar-refractivity contribution < 1.29 is 5.11 Å². The minimum atomic E-state index is -0.403. The molecule has 1 unspecified atom stereocenters. The molecule has 2 aromatic rings. The molecule has 0 saturated carbocycles. The maximum absolute atomic E-state index is 10.3. The van der Waals surface area contributed by atoms with Crippen LogP contribution in [-0.2, 0) is 0 Å². The number of rotatable bonds is 6. The van der Waals surface area contributed by atoms with Crippen molar-refractivity contribution >= 4 is 17.3 Å². The molecule has 1 aromatic carbocycles. The van der Waals surface area contributed by atoms with E-state index in [-0.39, 0.29) is 0 Å². The van der Waals surface area contributed by atoms with Crippen molar-refractivity contribution in [3.63, 3.8) is 0 Å². The van der Waals surface area contributed by atoms with E-state index in [9.17, 15) is 5.11 Å². The SMILES string of the molecule is OC(CN1CCC(CNc2ccnc(Cl)c2)CC1)c1ccccc1. The van der Waals surface area contributed by atoms with Crippen molar-refractivity contribution in [2.45, 2.75) is 18.9 Å². The number of benzene rings is 1. The average Bonchev–Trinajstić information content (AvgIpc) is 2.62. The molecule has 1 fully saturated rings. The molecule has 2 N–H and O–H groups in total. The van der Waals surface area contributed by atoms with Crippen LogP contribution in [0.2, 0.25) is 5.15 Å². The minimum absolute atomic E-state index is 0.403. The van der Waals surface area contributed by atoms with Crippen LogP contribution in [0.3, 0.4) is 0 Å². The number of hydrogen-bond acceptors (Lipinski definition) is 4. The van der Waals surface area contributed by atoms with Crippen LogP contribution in [0, 0.1) is 5.92 Å². The van der Waals surface area contributed by atoms with Gasteiger partial charge in [-0.3, -0.25) is 0 Å². The van der Waals surface area contributed by atoms with E-state index in [0.717, 1.165) is 43.7 Å². The van der Waals surface area contributed by atoms with Gasteiger partial charge in [-0.05, 0) is 49.5 Å². The molecule has 0 radical (unpaired) electrons. The van der Waals surface area contributed by atoms with Crippen LogP contribution in [0.5, 0.6) is 0 Å². The summed E-state index contributed by atoms with van der Waals surface area (Å²) in [7, 11) is 0. The predicted octanol–water partition coefficient (Wildman–Crippen LogP) is 3.59. The lowest BCUT2D eigenvalue weighted by Crippen LogP contribution is -2.38. The number of anilines is 1. The summed E-state index contributed by atoms with van der Waals surface area (Å²) >= 11 is 5.90. The molecule has 3 rings (SSSR count). The third kappa shape index (κ3) is 4.94. The molecule has 24 heavy (non-hydrogen) atoms. The Bertz CT molecular complexity index is 630. The van der Waals surface area contributed by atoms with E-state index in [0.29, 0.717) is 17.6 Å². The zero-order valence-electron chi connectivity index (χ0n) is 13.7. The lowest BCUT2D eigenvalue weighted by molar-refractivity contribution is 0.0909. The highest BCUT2D eigenvalue weighted by molar-refractivity contribution is 6.29.